The van der Waals surface area contributed by atoms with E-state index in [1.807, 2.05) is 45.0 Å². The van der Waals surface area contributed by atoms with Crippen molar-refractivity contribution in [2.45, 2.75) is 20.8 Å². The molecule has 0 spiro atoms. The van der Waals surface area contributed by atoms with Crippen LogP contribution in [0.3, 0.4) is 0 Å². The molecule has 0 heterocycles. The first kappa shape index (κ1) is 16.1. The SMILES string of the molecule is Cc1ccc(C(=O)COc2c(C)cc(Br)cc2Cl)cc1C. The first-order valence-electron chi connectivity index (χ1n) is 6.57. The summed E-state index contributed by atoms with van der Waals surface area (Å²) in [5.74, 6) is 0.494. The molecule has 0 fully saturated rings. The fourth-order valence-electron chi connectivity index (χ4n) is 2.01. The van der Waals surface area contributed by atoms with E-state index in [0.717, 1.165) is 15.6 Å². The lowest BCUT2D eigenvalue weighted by Crippen LogP contribution is -2.12. The molecular weight excluding hydrogens is 352 g/mol. The summed E-state index contributed by atoms with van der Waals surface area (Å²) >= 11 is 9.52. The summed E-state index contributed by atoms with van der Waals surface area (Å²) in [7, 11) is 0. The molecule has 2 nitrogen and oxygen atoms in total. The van der Waals surface area contributed by atoms with Gasteiger partial charge in [0.05, 0.1) is 5.02 Å². The fraction of sp³-hybridized carbons (Fsp3) is 0.235. The highest BCUT2D eigenvalue weighted by Crippen LogP contribution is 2.32. The molecule has 0 bridgehead atoms. The van der Waals surface area contributed by atoms with Crippen molar-refractivity contribution >= 4 is 33.3 Å². The predicted octanol–water partition coefficient (Wildman–Crippen LogP) is 5.29. The topological polar surface area (TPSA) is 26.3 Å². The first-order valence-corrected chi connectivity index (χ1v) is 7.74. The molecule has 4 heteroatoms. The standard InChI is InChI=1S/C17H16BrClO2/c1-10-4-5-13(6-11(10)2)16(20)9-21-17-12(3)7-14(18)8-15(17)19/h4-8H,9H2,1-3H3. The third kappa shape index (κ3) is 3.86. The minimum absolute atomic E-state index is 0.0231. The molecule has 0 aliphatic heterocycles. The smallest absolute Gasteiger partial charge is 0.200 e. The number of halogens is 2. The van der Waals surface area contributed by atoms with E-state index in [0.29, 0.717) is 16.3 Å². The highest BCUT2D eigenvalue weighted by atomic mass is 79.9. The summed E-state index contributed by atoms with van der Waals surface area (Å²) in [6.45, 7) is 5.88. The molecule has 0 amide bonds. The van der Waals surface area contributed by atoms with E-state index < -0.39 is 0 Å². The Hall–Kier alpha value is -1.32. The number of carbonyl (C=O) groups excluding carboxylic acids is 1. The highest BCUT2D eigenvalue weighted by molar-refractivity contribution is 9.10. The summed E-state index contributed by atoms with van der Waals surface area (Å²) in [6.07, 6.45) is 0. The van der Waals surface area contributed by atoms with Crippen LogP contribution in [0.2, 0.25) is 5.02 Å². The summed E-state index contributed by atoms with van der Waals surface area (Å²) in [4.78, 5) is 12.2. The third-order valence-corrected chi connectivity index (χ3v) is 4.11. The molecule has 0 N–H and O–H groups in total. The zero-order chi connectivity index (χ0) is 15.6. The van der Waals surface area contributed by atoms with E-state index in [2.05, 4.69) is 15.9 Å². The molecule has 2 rings (SSSR count). The Morgan fingerprint density at radius 1 is 1.10 bits per heavy atom. The molecular formula is C17H16BrClO2. The largest absolute Gasteiger partial charge is 0.484 e. The molecule has 2 aromatic carbocycles. The van der Waals surface area contributed by atoms with Gasteiger partial charge in [0.2, 0.25) is 0 Å². The third-order valence-electron chi connectivity index (χ3n) is 3.37. The molecule has 21 heavy (non-hydrogen) atoms. The van der Waals surface area contributed by atoms with Crippen molar-refractivity contribution in [1.29, 1.82) is 0 Å². The van der Waals surface area contributed by atoms with Crippen LogP contribution in [0, 0.1) is 20.8 Å². The van der Waals surface area contributed by atoms with Crippen molar-refractivity contribution in [3.63, 3.8) is 0 Å². The zero-order valence-corrected chi connectivity index (χ0v) is 14.5. The average Bonchev–Trinajstić information content (AvgIpc) is 2.40. The maximum Gasteiger partial charge on any atom is 0.200 e. The number of hydrogen-bond acceptors (Lipinski definition) is 2. The van der Waals surface area contributed by atoms with Gasteiger partial charge < -0.3 is 4.74 Å². The maximum atomic E-state index is 12.2. The van der Waals surface area contributed by atoms with Crippen LogP contribution >= 0.6 is 27.5 Å². The number of ketones is 1. The maximum absolute atomic E-state index is 12.2. The van der Waals surface area contributed by atoms with Gasteiger partial charge in [-0.15, -0.1) is 0 Å². The normalized spacial score (nSPS) is 10.5. The summed E-state index contributed by atoms with van der Waals surface area (Å²) in [5.41, 5.74) is 3.81. The Bertz CT molecular complexity index is 672. The van der Waals surface area contributed by atoms with Crippen LogP contribution in [-0.2, 0) is 0 Å². The van der Waals surface area contributed by atoms with Gasteiger partial charge >= 0.3 is 0 Å². The van der Waals surface area contributed by atoms with Gasteiger partial charge in [-0.25, -0.2) is 0 Å². The van der Waals surface area contributed by atoms with Gasteiger partial charge in [0.25, 0.3) is 0 Å². The van der Waals surface area contributed by atoms with E-state index >= 15 is 0 Å². The molecule has 0 saturated carbocycles. The van der Waals surface area contributed by atoms with Crippen molar-refractivity contribution in [2.24, 2.45) is 0 Å². The summed E-state index contributed by atoms with van der Waals surface area (Å²) in [5, 5.41) is 0.495. The average molecular weight is 368 g/mol. The lowest BCUT2D eigenvalue weighted by Gasteiger charge is -2.11. The van der Waals surface area contributed by atoms with Crippen molar-refractivity contribution in [2.75, 3.05) is 6.61 Å². The van der Waals surface area contributed by atoms with Gasteiger partial charge in [0.1, 0.15) is 5.75 Å². The quantitative estimate of drug-likeness (QED) is 0.686. The highest BCUT2D eigenvalue weighted by Gasteiger charge is 2.12. The number of carbonyl (C=O) groups is 1. The number of rotatable bonds is 4. The van der Waals surface area contributed by atoms with E-state index in [1.54, 1.807) is 6.07 Å². The fourth-order valence-corrected chi connectivity index (χ4v) is 3.03. The van der Waals surface area contributed by atoms with Crippen molar-refractivity contribution in [3.8, 4) is 5.75 Å². The monoisotopic (exact) mass is 366 g/mol. The van der Waals surface area contributed by atoms with Crippen LogP contribution in [0.15, 0.2) is 34.8 Å². The van der Waals surface area contributed by atoms with Crippen molar-refractivity contribution in [1.82, 2.24) is 0 Å². The molecule has 0 saturated heterocycles. The van der Waals surface area contributed by atoms with E-state index in [4.69, 9.17) is 16.3 Å². The summed E-state index contributed by atoms with van der Waals surface area (Å²) in [6, 6.07) is 9.31. The number of ether oxygens (including phenoxy) is 1. The van der Waals surface area contributed by atoms with Crippen molar-refractivity contribution in [3.05, 3.63) is 62.1 Å². The molecule has 0 aromatic heterocycles. The lowest BCUT2D eigenvalue weighted by atomic mass is 10.0. The van der Waals surface area contributed by atoms with Gasteiger partial charge in [-0.2, -0.15) is 0 Å². The Kier molecular flexibility index (Phi) is 5.07. The molecule has 0 radical (unpaired) electrons. The van der Waals surface area contributed by atoms with Crippen LogP contribution in [0.1, 0.15) is 27.0 Å². The van der Waals surface area contributed by atoms with Crippen LogP contribution < -0.4 is 4.74 Å². The van der Waals surface area contributed by atoms with Crippen molar-refractivity contribution < 1.29 is 9.53 Å². The van der Waals surface area contributed by atoms with Crippen LogP contribution in [0.4, 0.5) is 0 Å². The first-order chi connectivity index (χ1) is 9.88. The molecule has 0 unspecified atom stereocenters. The van der Waals surface area contributed by atoms with Gasteiger partial charge in [0.15, 0.2) is 12.4 Å². The number of hydrogen-bond donors (Lipinski definition) is 0. The summed E-state index contributed by atoms with van der Waals surface area (Å²) < 4.78 is 6.49. The van der Waals surface area contributed by atoms with E-state index in [1.165, 1.54) is 5.56 Å². The number of aryl methyl sites for hydroxylation is 3. The van der Waals surface area contributed by atoms with Crippen LogP contribution in [0.25, 0.3) is 0 Å². The van der Waals surface area contributed by atoms with Crippen LogP contribution in [-0.4, -0.2) is 12.4 Å². The second-order valence-corrected chi connectivity index (χ2v) is 6.37. The Morgan fingerprint density at radius 2 is 1.81 bits per heavy atom. The van der Waals surface area contributed by atoms with Gasteiger partial charge in [-0.3, -0.25) is 4.79 Å². The molecule has 0 aliphatic rings. The number of Topliss-reactive ketones (excluding diaryl/α,β-unsaturated/α-hetero) is 1. The lowest BCUT2D eigenvalue weighted by molar-refractivity contribution is 0.0921. The van der Waals surface area contributed by atoms with Crippen LogP contribution in [0.5, 0.6) is 5.75 Å². The van der Waals surface area contributed by atoms with E-state index in [-0.39, 0.29) is 12.4 Å². The second kappa shape index (κ2) is 6.63. The Labute approximate surface area is 138 Å². The second-order valence-electron chi connectivity index (χ2n) is 5.04. The molecule has 0 atom stereocenters. The van der Waals surface area contributed by atoms with E-state index in [9.17, 15) is 4.79 Å². The molecule has 0 aliphatic carbocycles. The minimum atomic E-state index is -0.0588. The molecule has 2 aromatic rings. The Morgan fingerprint density at radius 3 is 2.43 bits per heavy atom. The van der Waals surface area contributed by atoms with Gasteiger partial charge in [-0.1, -0.05) is 39.7 Å². The molecule has 110 valence electrons. The van der Waals surface area contributed by atoms with Gasteiger partial charge in [0, 0.05) is 10.0 Å². The number of benzene rings is 2. The zero-order valence-electron chi connectivity index (χ0n) is 12.2. The Balaban J connectivity index is 2.13. The van der Waals surface area contributed by atoms with Gasteiger partial charge in [-0.05, 0) is 55.7 Å². The minimum Gasteiger partial charge on any atom is -0.484 e. The predicted molar refractivity (Wildman–Crippen MR) is 89.6 cm³/mol.